The first kappa shape index (κ1) is 16.2. The Morgan fingerprint density at radius 3 is 2.50 bits per heavy atom. The highest BCUT2D eigenvalue weighted by Gasteiger charge is 2.14. The summed E-state index contributed by atoms with van der Waals surface area (Å²) >= 11 is 1.65. The molecule has 2 aromatic carbocycles. The van der Waals surface area contributed by atoms with Crippen molar-refractivity contribution in [2.24, 2.45) is 0 Å². The van der Waals surface area contributed by atoms with Crippen LogP contribution in [-0.2, 0) is 4.79 Å². The number of nitrogens with zero attached hydrogens (tertiary/aromatic N) is 1. The fraction of sp³-hybridized carbons (Fsp3) is 0.158. The molecule has 0 aliphatic heterocycles. The van der Waals surface area contributed by atoms with Gasteiger partial charge >= 0.3 is 0 Å². The van der Waals surface area contributed by atoms with Crippen molar-refractivity contribution in [3.63, 3.8) is 0 Å². The van der Waals surface area contributed by atoms with Gasteiger partial charge in [-0.05, 0) is 31.2 Å². The van der Waals surface area contributed by atoms with Crippen LogP contribution >= 0.6 is 11.3 Å². The molecule has 0 bridgehead atoms. The minimum absolute atomic E-state index is 0.0777. The van der Waals surface area contributed by atoms with E-state index in [1.54, 1.807) is 18.4 Å². The molecule has 0 unspecified atom stereocenters. The van der Waals surface area contributed by atoms with E-state index in [4.69, 9.17) is 9.72 Å². The van der Waals surface area contributed by atoms with Crippen molar-refractivity contribution in [1.29, 1.82) is 0 Å². The highest BCUT2D eigenvalue weighted by atomic mass is 32.1. The molecule has 0 spiro atoms. The molecule has 1 amide bonds. The zero-order valence-electron chi connectivity index (χ0n) is 13.8. The summed E-state index contributed by atoms with van der Waals surface area (Å²) in [5.74, 6) is 0.741. The third kappa shape index (κ3) is 3.31. The van der Waals surface area contributed by atoms with E-state index in [9.17, 15) is 4.79 Å². The lowest BCUT2D eigenvalue weighted by atomic mass is 10.1. The van der Waals surface area contributed by atoms with Crippen molar-refractivity contribution in [2.75, 3.05) is 12.4 Å². The van der Waals surface area contributed by atoms with E-state index in [0.29, 0.717) is 0 Å². The highest BCUT2D eigenvalue weighted by molar-refractivity contribution is 7.15. The van der Waals surface area contributed by atoms with Gasteiger partial charge in [0.2, 0.25) is 5.91 Å². The number of rotatable bonds is 4. The number of carbonyl (C=O) groups excluding carboxylic acids is 1. The van der Waals surface area contributed by atoms with Crippen LogP contribution in [0.25, 0.3) is 21.8 Å². The maximum absolute atomic E-state index is 11.1. The van der Waals surface area contributed by atoms with Gasteiger partial charge < -0.3 is 10.1 Å². The summed E-state index contributed by atoms with van der Waals surface area (Å²) in [6.45, 7) is 3.56. The first-order chi connectivity index (χ1) is 11.6. The molecule has 1 N–H and O–H groups in total. The van der Waals surface area contributed by atoms with Crippen LogP contribution in [0.1, 0.15) is 11.8 Å². The summed E-state index contributed by atoms with van der Waals surface area (Å²) in [4.78, 5) is 17.1. The van der Waals surface area contributed by atoms with Gasteiger partial charge in [-0.2, -0.15) is 0 Å². The predicted molar refractivity (Wildman–Crippen MR) is 98.6 cm³/mol. The Hall–Kier alpha value is -2.66. The van der Waals surface area contributed by atoms with Gasteiger partial charge in [0.1, 0.15) is 10.8 Å². The molecule has 1 heterocycles. The van der Waals surface area contributed by atoms with Crippen molar-refractivity contribution in [1.82, 2.24) is 4.98 Å². The second kappa shape index (κ2) is 6.84. The van der Waals surface area contributed by atoms with Crippen molar-refractivity contribution in [3.05, 3.63) is 53.4 Å². The van der Waals surface area contributed by atoms with E-state index in [2.05, 4.69) is 12.2 Å². The lowest BCUT2D eigenvalue weighted by Crippen LogP contribution is -2.05. The highest BCUT2D eigenvalue weighted by Crippen LogP contribution is 2.37. The van der Waals surface area contributed by atoms with Gasteiger partial charge in [-0.15, -0.1) is 11.3 Å². The van der Waals surface area contributed by atoms with Gasteiger partial charge in [0.05, 0.1) is 18.4 Å². The van der Waals surface area contributed by atoms with Gasteiger partial charge in [-0.1, -0.05) is 24.3 Å². The lowest BCUT2D eigenvalue weighted by molar-refractivity contribution is -0.114. The number of methoxy groups -OCH3 is 1. The van der Waals surface area contributed by atoms with Crippen LogP contribution in [0.5, 0.6) is 5.75 Å². The number of hydrogen-bond donors (Lipinski definition) is 1. The maximum atomic E-state index is 11.1. The number of carbonyl (C=O) groups is 1. The zero-order chi connectivity index (χ0) is 17.1. The van der Waals surface area contributed by atoms with Gasteiger partial charge in [0, 0.05) is 23.1 Å². The Kier molecular flexibility index (Phi) is 4.62. The van der Waals surface area contributed by atoms with Crippen LogP contribution in [0.15, 0.2) is 48.5 Å². The number of aryl methyl sites for hydroxylation is 1. The normalized spacial score (nSPS) is 10.5. The molecule has 1 aromatic heterocycles. The van der Waals surface area contributed by atoms with Crippen LogP contribution in [0, 0.1) is 6.92 Å². The Morgan fingerprint density at radius 2 is 1.83 bits per heavy atom. The second-order valence-electron chi connectivity index (χ2n) is 5.38. The average Bonchev–Trinajstić information content (AvgIpc) is 2.96. The summed E-state index contributed by atoms with van der Waals surface area (Å²) in [5, 5.41) is 3.71. The quantitative estimate of drug-likeness (QED) is 0.746. The molecular weight excluding hydrogens is 320 g/mol. The summed E-state index contributed by atoms with van der Waals surface area (Å²) < 4.78 is 5.43. The molecular formula is C19H18N2O2S. The number of anilines is 1. The predicted octanol–water partition coefficient (Wildman–Crippen LogP) is 4.75. The third-order valence-corrected chi connectivity index (χ3v) is 4.62. The molecule has 0 saturated carbocycles. The second-order valence-corrected chi connectivity index (χ2v) is 6.59. The van der Waals surface area contributed by atoms with Crippen LogP contribution < -0.4 is 10.1 Å². The largest absolute Gasteiger partial charge is 0.496 e. The van der Waals surface area contributed by atoms with E-state index in [-0.39, 0.29) is 5.91 Å². The van der Waals surface area contributed by atoms with E-state index in [1.165, 1.54) is 6.92 Å². The molecule has 0 aliphatic rings. The van der Waals surface area contributed by atoms with E-state index >= 15 is 0 Å². The molecule has 0 fully saturated rings. The van der Waals surface area contributed by atoms with Crippen LogP contribution in [0.3, 0.4) is 0 Å². The standard InChI is InChI=1S/C19H18N2O2S/c1-12-18(14-8-10-15(11-9-14)20-13(2)22)21-19(24-12)16-6-4-5-7-17(16)23-3/h4-11H,1-3H3,(H,20,22). The zero-order valence-corrected chi connectivity index (χ0v) is 14.6. The minimum Gasteiger partial charge on any atom is -0.496 e. The average molecular weight is 338 g/mol. The minimum atomic E-state index is -0.0777. The molecule has 122 valence electrons. The monoisotopic (exact) mass is 338 g/mol. The molecule has 24 heavy (non-hydrogen) atoms. The fourth-order valence-corrected chi connectivity index (χ4v) is 3.48. The van der Waals surface area contributed by atoms with Gasteiger partial charge in [0.15, 0.2) is 0 Å². The van der Waals surface area contributed by atoms with E-state index in [0.717, 1.165) is 38.1 Å². The maximum Gasteiger partial charge on any atom is 0.221 e. The number of benzene rings is 2. The van der Waals surface area contributed by atoms with Crippen LogP contribution in [0.4, 0.5) is 5.69 Å². The summed E-state index contributed by atoms with van der Waals surface area (Å²) in [7, 11) is 1.67. The number of hydrogen-bond acceptors (Lipinski definition) is 4. The molecule has 3 aromatic rings. The molecule has 0 atom stereocenters. The summed E-state index contributed by atoms with van der Waals surface area (Å²) in [6.07, 6.45) is 0. The lowest BCUT2D eigenvalue weighted by Gasteiger charge is -2.05. The number of aromatic nitrogens is 1. The first-order valence-corrected chi connectivity index (χ1v) is 8.39. The molecule has 5 heteroatoms. The Labute approximate surface area is 145 Å². The number of para-hydroxylation sites is 1. The molecule has 0 saturated heterocycles. The van der Waals surface area contributed by atoms with Crippen molar-refractivity contribution in [2.45, 2.75) is 13.8 Å². The topological polar surface area (TPSA) is 51.2 Å². The number of thiazole rings is 1. The van der Waals surface area contributed by atoms with E-state index in [1.807, 2.05) is 48.5 Å². The first-order valence-electron chi connectivity index (χ1n) is 7.57. The molecule has 4 nitrogen and oxygen atoms in total. The summed E-state index contributed by atoms with van der Waals surface area (Å²) in [5.41, 5.74) is 3.76. The van der Waals surface area contributed by atoms with Gasteiger partial charge in [-0.25, -0.2) is 4.98 Å². The molecule has 0 radical (unpaired) electrons. The van der Waals surface area contributed by atoms with Crippen LogP contribution in [0.2, 0.25) is 0 Å². The fourth-order valence-electron chi connectivity index (χ4n) is 2.52. The molecule has 3 rings (SSSR count). The number of nitrogens with one attached hydrogen (secondary N) is 1. The number of amides is 1. The van der Waals surface area contributed by atoms with E-state index < -0.39 is 0 Å². The van der Waals surface area contributed by atoms with Gasteiger partial charge in [-0.3, -0.25) is 4.79 Å². The molecule has 0 aliphatic carbocycles. The van der Waals surface area contributed by atoms with Crippen LogP contribution in [-0.4, -0.2) is 18.0 Å². The smallest absolute Gasteiger partial charge is 0.221 e. The third-order valence-electron chi connectivity index (χ3n) is 3.61. The van der Waals surface area contributed by atoms with Crippen molar-refractivity contribution >= 4 is 22.9 Å². The summed E-state index contributed by atoms with van der Waals surface area (Å²) in [6, 6.07) is 15.6. The van der Waals surface area contributed by atoms with Crippen molar-refractivity contribution < 1.29 is 9.53 Å². The van der Waals surface area contributed by atoms with Crippen molar-refractivity contribution in [3.8, 4) is 27.6 Å². The Morgan fingerprint density at radius 1 is 1.12 bits per heavy atom. The Bertz CT molecular complexity index is 869. The van der Waals surface area contributed by atoms with Gasteiger partial charge in [0.25, 0.3) is 0 Å². The Balaban J connectivity index is 1.96. The SMILES string of the molecule is COc1ccccc1-c1nc(-c2ccc(NC(C)=O)cc2)c(C)s1. The number of ether oxygens (including phenoxy) is 1.